The molecule has 0 atom stereocenters. The molecular weight excluding hydrogens is 198 g/mol. The number of aryl methyl sites for hydroxylation is 1. The van der Waals surface area contributed by atoms with Gasteiger partial charge in [0.1, 0.15) is 0 Å². The van der Waals surface area contributed by atoms with Crippen molar-refractivity contribution in [2.24, 2.45) is 0 Å². The van der Waals surface area contributed by atoms with Crippen molar-refractivity contribution in [3.05, 3.63) is 39.3 Å². The highest BCUT2D eigenvalue weighted by molar-refractivity contribution is 5.67. The van der Waals surface area contributed by atoms with E-state index in [1.165, 1.54) is 11.3 Å². The van der Waals surface area contributed by atoms with Gasteiger partial charge < -0.3 is 4.57 Å². The van der Waals surface area contributed by atoms with Crippen LogP contribution in [0.25, 0.3) is 5.57 Å². The van der Waals surface area contributed by atoms with Crippen LogP contribution in [-0.4, -0.2) is 4.57 Å². The molecule has 0 saturated carbocycles. The maximum atomic E-state index is 12.2. The molecule has 0 spiro atoms. The second-order valence-electron chi connectivity index (χ2n) is 4.40. The Morgan fingerprint density at radius 1 is 1.56 bits per heavy atom. The number of aromatic nitrogens is 1. The summed E-state index contributed by atoms with van der Waals surface area (Å²) in [7, 11) is 0. The van der Waals surface area contributed by atoms with Crippen LogP contribution >= 0.6 is 0 Å². The molecule has 0 radical (unpaired) electrons. The van der Waals surface area contributed by atoms with Gasteiger partial charge in [-0.2, -0.15) is 0 Å². The third kappa shape index (κ3) is 1.62. The highest BCUT2D eigenvalue weighted by Gasteiger charge is 2.16. The van der Waals surface area contributed by atoms with Gasteiger partial charge in [0, 0.05) is 17.8 Å². The zero-order valence-corrected chi connectivity index (χ0v) is 10.3. The molecule has 0 N–H and O–H groups in total. The first-order valence-electron chi connectivity index (χ1n) is 6.08. The minimum Gasteiger partial charge on any atom is -0.312 e. The molecule has 1 aromatic rings. The van der Waals surface area contributed by atoms with Crippen molar-refractivity contribution in [3.63, 3.8) is 0 Å². The average Bonchev–Trinajstić information content (AvgIpc) is 2.75. The molecule has 86 valence electrons. The summed E-state index contributed by atoms with van der Waals surface area (Å²) in [5, 5.41) is 0. The van der Waals surface area contributed by atoms with Crippen LogP contribution in [-0.2, 0) is 13.0 Å². The van der Waals surface area contributed by atoms with E-state index < -0.39 is 0 Å². The lowest BCUT2D eigenvalue weighted by atomic mass is 9.98. The van der Waals surface area contributed by atoms with Gasteiger partial charge in [-0.25, -0.2) is 0 Å². The van der Waals surface area contributed by atoms with Gasteiger partial charge in [-0.1, -0.05) is 13.0 Å². The Morgan fingerprint density at radius 2 is 2.31 bits per heavy atom. The van der Waals surface area contributed by atoms with Crippen molar-refractivity contribution in [2.45, 2.75) is 46.6 Å². The highest BCUT2D eigenvalue weighted by atomic mass is 16.1. The third-order valence-electron chi connectivity index (χ3n) is 3.52. The number of hydrogen-bond donors (Lipinski definition) is 0. The standard InChI is InChI=1S/C14H19NO/c1-4-11(5-2)13-9-12-7-6-8-15(12)14(16)10(13)3/h4,9H,5-8H2,1-3H3/b11-4-. The summed E-state index contributed by atoms with van der Waals surface area (Å²) in [6.45, 7) is 7.03. The molecule has 2 heteroatoms. The van der Waals surface area contributed by atoms with E-state index in [4.69, 9.17) is 0 Å². The van der Waals surface area contributed by atoms with Gasteiger partial charge in [-0.3, -0.25) is 4.79 Å². The zero-order chi connectivity index (χ0) is 11.7. The van der Waals surface area contributed by atoms with E-state index in [9.17, 15) is 4.79 Å². The molecule has 0 fully saturated rings. The molecule has 0 aliphatic carbocycles. The highest BCUT2D eigenvalue weighted by Crippen LogP contribution is 2.23. The predicted molar refractivity (Wildman–Crippen MR) is 67.7 cm³/mol. The maximum Gasteiger partial charge on any atom is 0.254 e. The van der Waals surface area contributed by atoms with Crippen LogP contribution in [0.1, 0.15) is 43.5 Å². The predicted octanol–water partition coefficient (Wildman–Crippen LogP) is 2.92. The Kier molecular flexibility index (Phi) is 2.99. The molecule has 0 aromatic carbocycles. The third-order valence-corrected chi connectivity index (χ3v) is 3.52. The minimum atomic E-state index is 0.206. The lowest BCUT2D eigenvalue weighted by molar-refractivity contribution is 0.715. The van der Waals surface area contributed by atoms with Crippen LogP contribution in [0.2, 0.25) is 0 Å². The molecular formula is C14H19NO. The fraction of sp³-hybridized carbons (Fsp3) is 0.500. The summed E-state index contributed by atoms with van der Waals surface area (Å²) in [6.07, 6.45) is 5.26. The van der Waals surface area contributed by atoms with Gasteiger partial charge >= 0.3 is 0 Å². The average molecular weight is 217 g/mol. The summed E-state index contributed by atoms with van der Waals surface area (Å²) in [5.74, 6) is 0. The van der Waals surface area contributed by atoms with Gasteiger partial charge in [0.2, 0.25) is 0 Å². The van der Waals surface area contributed by atoms with E-state index in [2.05, 4.69) is 19.1 Å². The number of rotatable bonds is 2. The molecule has 0 unspecified atom stereocenters. The Bertz CT molecular complexity index is 494. The van der Waals surface area contributed by atoms with Crippen LogP contribution in [0.15, 0.2) is 16.9 Å². The first-order valence-corrected chi connectivity index (χ1v) is 6.08. The van der Waals surface area contributed by atoms with E-state index in [1.807, 2.05) is 18.4 Å². The maximum absolute atomic E-state index is 12.2. The van der Waals surface area contributed by atoms with Crippen LogP contribution in [0, 0.1) is 6.92 Å². The number of nitrogens with zero attached hydrogens (tertiary/aromatic N) is 1. The first kappa shape index (κ1) is 11.2. The minimum absolute atomic E-state index is 0.206. The molecule has 1 aliphatic heterocycles. The number of hydrogen-bond acceptors (Lipinski definition) is 1. The monoisotopic (exact) mass is 217 g/mol. The van der Waals surface area contributed by atoms with Crippen LogP contribution < -0.4 is 5.56 Å². The number of pyridine rings is 1. The Morgan fingerprint density at radius 3 is 2.94 bits per heavy atom. The quantitative estimate of drug-likeness (QED) is 0.746. The normalized spacial score (nSPS) is 15.3. The van der Waals surface area contributed by atoms with Gasteiger partial charge in [-0.15, -0.1) is 0 Å². The van der Waals surface area contributed by atoms with Gasteiger partial charge in [0.05, 0.1) is 0 Å². The number of fused-ring (bicyclic) bond motifs is 1. The van der Waals surface area contributed by atoms with Gasteiger partial charge in [0.25, 0.3) is 5.56 Å². The van der Waals surface area contributed by atoms with E-state index in [-0.39, 0.29) is 5.56 Å². The SMILES string of the molecule is C/C=C(/CC)c1cc2n(c(=O)c1C)CCC2. The van der Waals surface area contributed by atoms with Crippen LogP contribution in [0.3, 0.4) is 0 Å². The van der Waals surface area contributed by atoms with Crippen molar-refractivity contribution in [3.8, 4) is 0 Å². The van der Waals surface area contributed by atoms with Gasteiger partial charge in [0.15, 0.2) is 0 Å². The van der Waals surface area contributed by atoms with E-state index in [1.54, 1.807) is 0 Å². The lowest BCUT2D eigenvalue weighted by Gasteiger charge is -2.12. The topological polar surface area (TPSA) is 22.0 Å². The molecule has 16 heavy (non-hydrogen) atoms. The van der Waals surface area contributed by atoms with Crippen molar-refractivity contribution >= 4 is 5.57 Å². The van der Waals surface area contributed by atoms with Crippen molar-refractivity contribution < 1.29 is 0 Å². The second-order valence-corrected chi connectivity index (χ2v) is 4.40. The lowest BCUT2D eigenvalue weighted by Crippen LogP contribution is -2.23. The summed E-state index contributed by atoms with van der Waals surface area (Å²) in [4.78, 5) is 12.2. The largest absolute Gasteiger partial charge is 0.312 e. The molecule has 1 aromatic heterocycles. The Hall–Kier alpha value is -1.31. The van der Waals surface area contributed by atoms with Gasteiger partial charge in [-0.05, 0) is 50.3 Å². The second kappa shape index (κ2) is 4.28. The summed E-state index contributed by atoms with van der Waals surface area (Å²) in [6, 6.07) is 2.21. The molecule has 1 aliphatic rings. The molecule has 2 heterocycles. The number of allylic oxidation sites excluding steroid dienone is 2. The fourth-order valence-electron chi connectivity index (χ4n) is 2.56. The van der Waals surface area contributed by atoms with Crippen molar-refractivity contribution in [1.82, 2.24) is 4.57 Å². The van der Waals surface area contributed by atoms with Crippen LogP contribution in [0.5, 0.6) is 0 Å². The Balaban J connectivity index is 2.65. The molecule has 2 nitrogen and oxygen atoms in total. The van der Waals surface area contributed by atoms with E-state index in [0.29, 0.717) is 0 Å². The zero-order valence-electron chi connectivity index (χ0n) is 10.3. The summed E-state index contributed by atoms with van der Waals surface area (Å²) >= 11 is 0. The fourth-order valence-corrected chi connectivity index (χ4v) is 2.56. The smallest absolute Gasteiger partial charge is 0.254 e. The van der Waals surface area contributed by atoms with Crippen molar-refractivity contribution in [1.29, 1.82) is 0 Å². The molecule has 0 saturated heterocycles. The van der Waals surface area contributed by atoms with Crippen LogP contribution in [0.4, 0.5) is 0 Å². The molecule has 0 bridgehead atoms. The van der Waals surface area contributed by atoms with E-state index >= 15 is 0 Å². The van der Waals surface area contributed by atoms with Crippen molar-refractivity contribution in [2.75, 3.05) is 0 Å². The molecule has 2 rings (SSSR count). The first-order chi connectivity index (χ1) is 7.69. The molecule has 0 amide bonds. The van der Waals surface area contributed by atoms with E-state index in [0.717, 1.165) is 36.9 Å². The summed E-state index contributed by atoms with van der Waals surface area (Å²) in [5.41, 5.74) is 4.75. The Labute approximate surface area is 96.6 Å². The summed E-state index contributed by atoms with van der Waals surface area (Å²) < 4.78 is 1.93.